The number of likely N-dealkylation sites (tertiary alicyclic amines) is 1. The number of aryl methyl sites for hydroxylation is 1. The molecule has 116 valence electrons. The highest BCUT2D eigenvalue weighted by atomic mass is 16.3. The van der Waals surface area contributed by atoms with Crippen molar-refractivity contribution in [1.82, 2.24) is 14.5 Å². The number of hydrogen-bond donors (Lipinski definition) is 0. The summed E-state index contributed by atoms with van der Waals surface area (Å²) in [4.78, 5) is 18.8. The van der Waals surface area contributed by atoms with Gasteiger partial charge in [-0.2, -0.15) is 0 Å². The Labute approximate surface area is 129 Å². The second-order valence-electron chi connectivity index (χ2n) is 6.40. The first-order valence-corrected chi connectivity index (χ1v) is 8.10. The van der Waals surface area contributed by atoms with E-state index in [9.17, 15) is 4.79 Å². The van der Waals surface area contributed by atoms with Gasteiger partial charge in [0.05, 0.1) is 6.26 Å². The Balaban J connectivity index is 1.46. The number of aromatic nitrogens is 2. The van der Waals surface area contributed by atoms with Crippen LogP contribution in [0.3, 0.4) is 0 Å². The molecular formula is C17H21N3O2. The molecule has 0 spiro atoms. The highest BCUT2D eigenvalue weighted by molar-refractivity contribution is 5.91. The number of nitrogens with zero attached hydrogens (tertiary/aromatic N) is 3. The Hall–Kier alpha value is -2.04. The van der Waals surface area contributed by atoms with E-state index >= 15 is 0 Å². The number of amides is 1. The van der Waals surface area contributed by atoms with Gasteiger partial charge in [-0.1, -0.05) is 0 Å². The van der Waals surface area contributed by atoms with Crippen LogP contribution in [0.4, 0.5) is 0 Å². The molecule has 0 radical (unpaired) electrons. The SMILES string of the molecule is Cc1cnc(C2CC2)n1C1CCN(C(=O)c2ccco2)CC1. The summed E-state index contributed by atoms with van der Waals surface area (Å²) in [6.07, 6.45) is 8.07. The molecular weight excluding hydrogens is 278 g/mol. The van der Waals surface area contributed by atoms with Gasteiger partial charge in [0.15, 0.2) is 5.76 Å². The van der Waals surface area contributed by atoms with Gasteiger partial charge in [-0.05, 0) is 44.7 Å². The van der Waals surface area contributed by atoms with E-state index in [0.29, 0.717) is 17.7 Å². The molecule has 1 aliphatic carbocycles. The van der Waals surface area contributed by atoms with E-state index in [-0.39, 0.29) is 5.91 Å². The monoisotopic (exact) mass is 299 g/mol. The maximum Gasteiger partial charge on any atom is 0.289 e. The quantitative estimate of drug-likeness (QED) is 0.875. The van der Waals surface area contributed by atoms with Crippen LogP contribution in [0.5, 0.6) is 0 Å². The van der Waals surface area contributed by atoms with Gasteiger partial charge in [-0.15, -0.1) is 0 Å². The zero-order chi connectivity index (χ0) is 15.1. The van der Waals surface area contributed by atoms with Crippen LogP contribution < -0.4 is 0 Å². The van der Waals surface area contributed by atoms with Crippen molar-refractivity contribution >= 4 is 5.91 Å². The van der Waals surface area contributed by atoms with Gasteiger partial charge >= 0.3 is 0 Å². The van der Waals surface area contributed by atoms with Gasteiger partial charge in [-0.3, -0.25) is 4.79 Å². The van der Waals surface area contributed by atoms with Gasteiger partial charge in [0.1, 0.15) is 5.82 Å². The van der Waals surface area contributed by atoms with Crippen LogP contribution in [0, 0.1) is 6.92 Å². The lowest BCUT2D eigenvalue weighted by molar-refractivity contribution is 0.0661. The third-order valence-electron chi connectivity index (χ3n) is 4.80. The fraction of sp³-hybridized carbons (Fsp3) is 0.529. The van der Waals surface area contributed by atoms with Crippen molar-refractivity contribution in [2.75, 3.05) is 13.1 Å². The summed E-state index contributed by atoms with van der Waals surface area (Å²) in [6.45, 7) is 3.71. The first-order chi connectivity index (χ1) is 10.7. The standard InChI is InChI=1S/C17H21N3O2/c1-12-11-18-16(13-4-5-13)20(12)14-6-8-19(9-7-14)17(21)15-3-2-10-22-15/h2-3,10-11,13-14H,4-9H2,1H3. The zero-order valence-corrected chi connectivity index (χ0v) is 12.9. The van der Waals surface area contributed by atoms with Gasteiger partial charge in [0.25, 0.3) is 5.91 Å². The van der Waals surface area contributed by atoms with Crippen LogP contribution in [-0.4, -0.2) is 33.4 Å². The molecule has 4 rings (SSSR count). The highest BCUT2D eigenvalue weighted by Gasteiger charge is 2.33. The zero-order valence-electron chi connectivity index (χ0n) is 12.9. The van der Waals surface area contributed by atoms with Crippen molar-refractivity contribution in [2.45, 2.75) is 44.6 Å². The van der Waals surface area contributed by atoms with Gasteiger partial charge < -0.3 is 13.9 Å². The van der Waals surface area contributed by atoms with E-state index in [2.05, 4.69) is 16.5 Å². The van der Waals surface area contributed by atoms with Crippen LogP contribution >= 0.6 is 0 Å². The molecule has 0 bridgehead atoms. The minimum atomic E-state index is 0.00761. The average molecular weight is 299 g/mol. The summed E-state index contributed by atoms with van der Waals surface area (Å²) in [5.41, 5.74) is 1.25. The molecule has 1 saturated heterocycles. The maximum atomic E-state index is 12.3. The van der Waals surface area contributed by atoms with Gasteiger partial charge in [-0.25, -0.2) is 4.98 Å². The Bertz CT molecular complexity index is 662. The number of carbonyl (C=O) groups is 1. The normalized spacial score (nSPS) is 19.6. The lowest BCUT2D eigenvalue weighted by Gasteiger charge is -2.33. The molecule has 0 unspecified atom stereocenters. The minimum Gasteiger partial charge on any atom is -0.459 e. The fourth-order valence-electron chi connectivity index (χ4n) is 3.47. The number of carbonyl (C=O) groups excluding carboxylic acids is 1. The smallest absolute Gasteiger partial charge is 0.289 e. The molecule has 0 aromatic carbocycles. The van der Waals surface area contributed by atoms with Gasteiger partial charge in [0.2, 0.25) is 0 Å². The number of imidazole rings is 1. The molecule has 5 nitrogen and oxygen atoms in total. The predicted octanol–water partition coefficient (Wildman–Crippen LogP) is 3.14. The Morgan fingerprint density at radius 3 is 2.68 bits per heavy atom. The van der Waals surface area contributed by atoms with E-state index in [1.54, 1.807) is 18.4 Å². The van der Waals surface area contributed by atoms with Gasteiger partial charge in [0, 0.05) is 36.9 Å². The summed E-state index contributed by atoms with van der Waals surface area (Å²) in [7, 11) is 0. The van der Waals surface area contributed by atoms with E-state index in [4.69, 9.17) is 4.42 Å². The van der Waals surface area contributed by atoms with Crippen molar-refractivity contribution < 1.29 is 9.21 Å². The summed E-state index contributed by atoms with van der Waals surface area (Å²) in [6, 6.07) is 3.97. The van der Waals surface area contributed by atoms with Crippen molar-refractivity contribution in [1.29, 1.82) is 0 Å². The summed E-state index contributed by atoms with van der Waals surface area (Å²) in [5, 5.41) is 0. The number of piperidine rings is 1. The Kier molecular flexibility index (Phi) is 3.28. The number of furan rings is 1. The summed E-state index contributed by atoms with van der Waals surface area (Å²) >= 11 is 0. The molecule has 3 heterocycles. The van der Waals surface area contributed by atoms with Crippen LogP contribution in [-0.2, 0) is 0 Å². The van der Waals surface area contributed by atoms with Crippen LogP contribution in [0.2, 0.25) is 0 Å². The largest absolute Gasteiger partial charge is 0.459 e. The second-order valence-corrected chi connectivity index (χ2v) is 6.40. The highest BCUT2D eigenvalue weighted by Crippen LogP contribution is 2.41. The molecule has 2 aliphatic rings. The van der Waals surface area contributed by atoms with Crippen molar-refractivity contribution in [3.8, 4) is 0 Å². The Morgan fingerprint density at radius 1 is 1.27 bits per heavy atom. The van der Waals surface area contributed by atoms with Crippen LogP contribution in [0.15, 0.2) is 29.0 Å². The van der Waals surface area contributed by atoms with Crippen molar-refractivity contribution in [2.24, 2.45) is 0 Å². The third kappa shape index (κ3) is 2.34. The minimum absolute atomic E-state index is 0.00761. The summed E-state index contributed by atoms with van der Waals surface area (Å²) in [5.74, 6) is 2.37. The number of hydrogen-bond acceptors (Lipinski definition) is 3. The first-order valence-electron chi connectivity index (χ1n) is 8.10. The lowest BCUT2D eigenvalue weighted by atomic mass is 10.0. The predicted molar refractivity (Wildman–Crippen MR) is 81.8 cm³/mol. The molecule has 0 atom stereocenters. The maximum absolute atomic E-state index is 12.3. The molecule has 2 aromatic rings. The second kappa shape index (κ2) is 5.30. The molecule has 1 amide bonds. The molecule has 0 N–H and O–H groups in total. The third-order valence-corrected chi connectivity index (χ3v) is 4.80. The molecule has 1 aliphatic heterocycles. The topological polar surface area (TPSA) is 51.3 Å². The van der Waals surface area contributed by atoms with E-state index < -0.39 is 0 Å². The molecule has 1 saturated carbocycles. The molecule has 5 heteroatoms. The summed E-state index contributed by atoms with van der Waals surface area (Å²) < 4.78 is 7.64. The van der Waals surface area contributed by atoms with E-state index in [1.165, 1.54) is 24.4 Å². The molecule has 2 aromatic heterocycles. The van der Waals surface area contributed by atoms with E-state index in [0.717, 1.165) is 25.9 Å². The first kappa shape index (κ1) is 13.6. The van der Waals surface area contributed by atoms with Crippen LogP contribution in [0.1, 0.15) is 59.7 Å². The fourth-order valence-corrected chi connectivity index (χ4v) is 3.47. The number of rotatable bonds is 3. The molecule has 22 heavy (non-hydrogen) atoms. The van der Waals surface area contributed by atoms with Crippen molar-refractivity contribution in [3.05, 3.63) is 41.9 Å². The molecule has 2 fully saturated rings. The van der Waals surface area contributed by atoms with Crippen molar-refractivity contribution in [3.63, 3.8) is 0 Å². The average Bonchev–Trinajstić information content (AvgIpc) is 3.09. The van der Waals surface area contributed by atoms with E-state index in [1.807, 2.05) is 11.1 Å². The Morgan fingerprint density at radius 2 is 2.05 bits per heavy atom. The van der Waals surface area contributed by atoms with Crippen LogP contribution in [0.25, 0.3) is 0 Å². The lowest BCUT2D eigenvalue weighted by Crippen LogP contribution is -2.39.